The van der Waals surface area contributed by atoms with Crippen molar-refractivity contribution in [2.24, 2.45) is 4.99 Å². The highest BCUT2D eigenvalue weighted by Crippen LogP contribution is 2.15. The van der Waals surface area contributed by atoms with Gasteiger partial charge in [-0.25, -0.2) is 5.10 Å². The van der Waals surface area contributed by atoms with Crippen LogP contribution in [0.1, 0.15) is 6.42 Å². The van der Waals surface area contributed by atoms with Gasteiger partial charge >= 0.3 is 0 Å². The molecule has 1 heterocycles. The third-order valence-corrected chi connectivity index (χ3v) is 3.99. The molecule has 0 unspecified atom stereocenters. The highest BCUT2D eigenvalue weighted by Gasteiger charge is 2.00. The Morgan fingerprint density at radius 2 is 2.16 bits per heavy atom. The number of nitrogens with two attached hydrogens (primary N) is 1. The van der Waals surface area contributed by atoms with E-state index < -0.39 is 0 Å². The van der Waals surface area contributed by atoms with Gasteiger partial charge in [-0.1, -0.05) is 18.2 Å². The zero-order valence-corrected chi connectivity index (χ0v) is 14.5. The summed E-state index contributed by atoms with van der Waals surface area (Å²) in [5, 5.41) is 23.9. The maximum Gasteiger partial charge on any atom is 0.243 e. The van der Waals surface area contributed by atoms with Crippen LogP contribution in [-0.2, 0) is 0 Å². The summed E-state index contributed by atoms with van der Waals surface area (Å²) in [7, 11) is 0. The van der Waals surface area contributed by atoms with E-state index in [1.54, 1.807) is 11.8 Å². The van der Waals surface area contributed by atoms with Crippen LogP contribution < -0.4 is 21.7 Å². The number of nitrogens with zero attached hydrogens (tertiary/aromatic N) is 4. The Morgan fingerprint density at radius 3 is 2.88 bits per heavy atom. The third kappa shape index (κ3) is 7.45. The Balaban J connectivity index is 1.62. The second-order valence-electron chi connectivity index (χ2n) is 4.88. The van der Waals surface area contributed by atoms with E-state index >= 15 is 0 Å². The lowest BCUT2D eigenvalue weighted by Gasteiger charge is -2.08. The van der Waals surface area contributed by atoms with E-state index in [1.807, 2.05) is 24.4 Å². The van der Waals surface area contributed by atoms with E-state index in [1.165, 1.54) is 4.90 Å². The van der Waals surface area contributed by atoms with Gasteiger partial charge in [0, 0.05) is 30.3 Å². The van der Waals surface area contributed by atoms with Crippen molar-refractivity contribution < 1.29 is 0 Å². The van der Waals surface area contributed by atoms with Crippen LogP contribution in [-0.4, -0.2) is 46.5 Å². The van der Waals surface area contributed by atoms with Crippen molar-refractivity contribution in [2.75, 3.05) is 36.4 Å². The lowest BCUT2D eigenvalue weighted by molar-refractivity contribution is 0.839. The molecule has 9 nitrogen and oxygen atoms in total. The van der Waals surface area contributed by atoms with Gasteiger partial charge in [-0.3, -0.25) is 10.3 Å². The van der Waals surface area contributed by atoms with Gasteiger partial charge in [0.15, 0.2) is 6.19 Å². The number of aliphatic imine (C=N–C) groups is 1. The summed E-state index contributed by atoms with van der Waals surface area (Å²) in [5.74, 6) is 2.11. The molecule has 2 rings (SSSR count). The Hall–Kier alpha value is -2.93. The molecule has 0 radical (unpaired) electrons. The van der Waals surface area contributed by atoms with Gasteiger partial charge in [0.2, 0.25) is 17.9 Å². The number of anilines is 2. The Kier molecular flexibility index (Phi) is 7.93. The van der Waals surface area contributed by atoms with Gasteiger partial charge in [0.1, 0.15) is 0 Å². The number of H-pyrrole nitrogens is 1. The number of aromatic amines is 1. The number of aromatic nitrogens is 3. The maximum absolute atomic E-state index is 8.79. The summed E-state index contributed by atoms with van der Waals surface area (Å²) >= 11 is 1.75. The second kappa shape index (κ2) is 10.8. The van der Waals surface area contributed by atoms with E-state index in [0.717, 1.165) is 12.2 Å². The summed E-state index contributed by atoms with van der Waals surface area (Å²) in [5.41, 5.74) is 5.44. The van der Waals surface area contributed by atoms with E-state index in [0.29, 0.717) is 31.5 Å². The molecule has 1 aromatic carbocycles. The first-order chi connectivity index (χ1) is 12.3. The number of nitriles is 1. The summed E-state index contributed by atoms with van der Waals surface area (Å²) in [6.07, 6.45) is 2.66. The molecule has 0 atom stereocenters. The lowest BCUT2D eigenvalue weighted by atomic mass is 10.4. The van der Waals surface area contributed by atoms with Crippen LogP contribution in [0.3, 0.4) is 0 Å². The van der Waals surface area contributed by atoms with Crippen LogP contribution in [0.5, 0.6) is 0 Å². The van der Waals surface area contributed by atoms with E-state index in [4.69, 9.17) is 11.0 Å². The molecule has 0 aliphatic heterocycles. The molecule has 0 fully saturated rings. The average Bonchev–Trinajstić information content (AvgIpc) is 3.04. The minimum atomic E-state index is 0.276. The number of guanidine groups is 1. The first-order valence-corrected chi connectivity index (χ1v) is 8.79. The monoisotopic (exact) mass is 359 g/mol. The Morgan fingerprint density at radius 1 is 1.32 bits per heavy atom. The number of rotatable bonds is 9. The number of thioether (sulfide) groups is 1. The minimum absolute atomic E-state index is 0.276. The second-order valence-corrected chi connectivity index (χ2v) is 6.05. The van der Waals surface area contributed by atoms with Crippen molar-refractivity contribution in [3.05, 3.63) is 30.3 Å². The van der Waals surface area contributed by atoms with Crippen LogP contribution in [0.25, 0.3) is 0 Å². The topological polar surface area (TPSA) is 140 Å². The molecule has 132 valence electrons. The van der Waals surface area contributed by atoms with Crippen LogP contribution in [0.15, 0.2) is 40.2 Å². The van der Waals surface area contributed by atoms with Crippen molar-refractivity contribution in [1.82, 2.24) is 25.8 Å². The fraction of sp³-hybridized carbons (Fsp3) is 0.333. The summed E-state index contributed by atoms with van der Waals surface area (Å²) in [6, 6.07) is 10.2. The summed E-state index contributed by atoms with van der Waals surface area (Å²) in [6.45, 7) is 1.93. The Labute approximate surface area is 150 Å². The molecule has 0 aliphatic carbocycles. The van der Waals surface area contributed by atoms with E-state index in [9.17, 15) is 0 Å². The van der Waals surface area contributed by atoms with Crippen LogP contribution in [0.4, 0.5) is 11.9 Å². The lowest BCUT2D eigenvalue weighted by Crippen LogP contribution is -2.36. The number of nitrogens with one attached hydrogen (secondary N) is 4. The molecular formula is C15H21N9S. The van der Waals surface area contributed by atoms with Crippen molar-refractivity contribution in [1.29, 1.82) is 5.26 Å². The Bertz CT molecular complexity index is 693. The zero-order chi connectivity index (χ0) is 17.7. The average molecular weight is 359 g/mol. The fourth-order valence-electron chi connectivity index (χ4n) is 1.87. The highest BCUT2D eigenvalue weighted by atomic mass is 32.2. The predicted molar refractivity (Wildman–Crippen MR) is 100 cm³/mol. The molecule has 0 bridgehead atoms. The van der Waals surface area contributed by atoms with Gasteiger partial charge in [0.25, 0.3) is 0 Å². The smallest absolute Gasteiger partial charge is 0.243 e. The zero-order valence-electron chi connectivity index (χ0n) is 13.7. The minimum Gasteiger partial charge on any atom is -0.368 e. The normalized spacial score (nSPS) is 10.9. The van der Waals surface area contributed by atoms with Crippen molar-refractivity contribution in [3.8, 4) is 6.19 Å². The number of benzene rings is 1. The van der Waals surface area contributed by atoms with Crippen LogP contribution in [0, 0.1) is 11.5 Å². The van der Waals surface area contributed by atoms with Crippen molar-refractivity contribution in [3.63, 3.8) is 0 Å². The molecule has 0 saturated carbocycles. The third-order valence-electron chi connectivity index (χ3n) is 2.97. The summed E-state index contributed by atoms with van der Waals surface area (Å²) < 4.78 is 0. The largest absolute Gasteiger partial charge is 0.368 e. The molecule has 6 N–H and O–H groups in total. The first kappa shape index (κ1) is 18.4. The molecule has 1 aromatic heterocycles. The molecule has 0 amide bonds. The molecule has 2 aromatic rings. The van der Waals surface area contributed by atoms with Gasteiger partial charge in [0.05, 0.1) is 0 Å². The van der Waals surface area contributed by atoms with E-state index in [-0.39, 0.29) is 5.95 Å². The van der Waals surface area contributed by atoms with Crippen molar-refractivity contribution >= 4 is 29.6 Å². The van der Waals surface area contributed by atoms with Crippen LogP contribution in [0.2, 0.25) is 0 Å². The quantitative estimate of drug-likeness (QED) is 0.112. The molecule has 0 spiro atoms. The molecule has 10 heteroatoms. The van der Waals surface area contributed by atoms with Gasteiger partial charge in [-0.2, -0.15) is 10.2 Å². The van der Waals surface area contributed by atoms with Crippen molar-refractivity contribution in [2.45, 2.75) is 11.3 Å². The van der Waals surface area contributed by atoms with Gasteiger partial charge < -0.3 is 16.4 Å². The number of hydrogen-bond acceptors (Lipinski definition) is 7. The standard InChI is InChI=1S/C15H21N9S/c16-11-21-14(20-9-10-25-12-5-2-1-3-6-12)18-7-4-8-19-15-22-13(17)23-24-15/h1-3,5-6H,4,7-10H2,(H2,18,20,21)(H4,17,19,22,23,24). The number of hydrogen-bond donors (Lipinski definition) is 5. The van der Waals surface area contributed by atoms with Crippen LogP contribution >= 0.6 is 11.8 Å². The predicted octanol–water partition coefficient (Wildman–Crippen LogP) is 0.997. The summed E-state index contributed by atoms with van der Waals surface area (Å²) in [4.78, 5) is 9.50. The van der Waals surface area contributed by atoms with Gasteiger partial charge in [-0.05, 0) is 18.6 Å². The molecule has 0 aliphatic rings. The van der Waals surface area contributed by atoms with E-state index in [2.05, 4.69) is 48.3 Å². The fourth-order valence-corrected chi connectivity index (χ4v) is 2.66. The number of nitrogen functional groups attached to an aromatic ring is 1. The highest BCUT2D eigenvalue weighted by molar-refractivity contribution is 7.99. The SMILES string of the molecule is N#CNC(=NCCCNc1n[nH]c(N)n1)NCCSc1ccccc1. The molecule has 25 heavy (non-hydrogen) atoms. The van der Waals surface area contributed by atoms with Gasteiger partial charge in [-0.15, -0.1) is 16.9 Å². The molecular weight excluding hydrogens is 338 g/mol. The first-order valence-electron chi connectivity index (χ1n) is 7.81. The maximum atomic E-state index is 8.79. The molecule has 0 saturated heterocycles.